The topological polar surface area (TPSA) is 97.3 Å². The fourth-order valence-corrected chi connectivity index (χ4v) is 4.60. The molecule has 0 aliphatic heterocycles. The number of aromatic nitrogens is 2. The molecule has 3 N–H and O–H groups in total. The summed E-state index contributed by atoms with van der Waals surface area (Å²) in [6, 6.07) is 31.4. The lowest BCUT2D eigenvalue weighted by Gasteiger charge is -2.24. The Kier molecular flexibility index (Phi) is 6.25. The van der Waals surface area contributed by atoms with Crippen molar-refractivity contribution in [2.75, 3.05) is 10.2 Å². The first-order valence-corrected chi connectivity index (χ1v) is 12.3. The summed E-state index contributed by atoms with van der Waals surface area (Å²) in [6.45, 7) is 0.482. The Bertz CT molecular complexity index is 1710. The summed E-state index contributed by atoms with van der Waals surface area (Å²) in [6.07, 6.45) is 3.52. The lowest BCUT2D eigenvalue weighted by molar-refractivity contribution is -0.115. The van der Waals surface area contributed by atoms with Crippen molar-refractivity contribution in [1.82, 2.24) is 9.97 Å². The molecule has 0 saturated heterocycles. The number of benzene rings is 4. The maximum absolute atomic E-state index is 12.7. The van der Waals surface area contributed by atoms with E-state index in [2.05, 4.69) is 27.4 Å². The molecular weight excluding hydrogens is 474 g/mol. The van der Waals surface area contributed by atoms with E-state index in [-0.39, 0.29) is 12.3 Å². The van der Waals surface area contributed by atoms with Gasteiger partial charge in [-0.25, -0.2) is 9.97 Å². The third-order valence-corrected chi connectivity index (χ3v) is 6.45. The van der Waals surface area contributed by atoms with Gasteiger partial charge in [0.15, 0.2) is 5.58 Å². The monoisotopic (exact) mass is 499 g/mol. The second-order valence-corrected chi connectivity index (χ2v) is 8.95. The fourth-order valence-electron chi connectivity index (χ4n) is 4.60. The molecule has 0 fully saturated rings. The minimum atomic E-state index is -0.0852. The number of anilines is 4. The maximum atomic E-state index is 12.7. The summed E-state index contributed by atoms with van der Waals surface area (Å²) >= 11 is 0. The van der Waals surface area contributed by atoms with Gasteiger partial charge in [-0.3, -0.25) is 9.69 Å². The number of carbonyl (C=O) groups excluding carboxylic acids is 1. The normalized spacial score (nSPS) is 11.1. The third kappa shape index (κ3) is 4.58. The number of nitrogens with two attached hydrogens (primary N) is 1. The van der Waals surface area contributed by atoms with Gasteiger partial charge >= 0.3 is 0 Å². The Morgan fingerprint density at radius 1 is 0.842 bits per heavy atom. The predicted molar refractivity (Wildman–Crippen MR) is 151 cm³/mol. The molecule has 186 valence electrons. The number of hydrogen-bond donors (Lipinski definition) is 2. The molecule has 0 unspecified atom stereocenters. The van der Waals surface area contributed by atoms with Crippen molar-refractivity contribution in [2.24, 2.45) is 5.73 Å². The summed E-state index contributed by atoms with van der Waals surface area (Å²) in [5.74, 6) is 0.614. The van der Waals surface area contributed by atoms with Crippen molar-refractivity contribution in [3.8, 4) is 0 Å². The summed E-state index contributed by atoms with van der Waals surface area (Å²) < 4.78 is 6.31. The van der Waals surface area contributed by atoms with Crippen LogP contribution in [0, 0.1) is 0 Å². The van der Waals surface area contributed by atoms with Gasteiger partial charge in [0.1, 0.15) is 17.7 Å². The highest BCUT2D eigenvalue weighted by atomic mass is 16.3. The van der Waals surface area contributed by atoms with Crippen LogP contribution in [0.1, 0.15) is 11.1 Å². The van der Waals surface area contributed by atoms with Crippen LogP contribution in [0.5, 0.6) is 0 Å². The van der Waals surface area contributed by atoms with Gasteiger partial charge < -0.3 is 15.5 Å². The zero-order valence-corrected chi connectivity index (χ0v) is 20.5. The van der Waals surface area contributed by atoms with E-state index < -0.39 is 0 Å². The van der Waals surface area contributed by atoms with Crippen molar-refractivity contribution in [3.05, 3.63) is 121 Å². The number of hydrogen-bond acceptors (Lipinski definition) is 6. The van der Waals surface area contributed by atoms with Crippen LogP contribution in [0.2, 0.25) is 0 Å². The molecule has 0 saturated carbocycles. The van der Waals surface area contributed by atoms with E-state index in [9.17, 15) is 4.79 Å². The summed E-state index contributed by atoms with van der Waals surface area (Å²) in [7, 11) is 0. The fraction of sp³-hybridized carbons (Fsp3) is 0.0645. The first-order valence-electron chi connectivity index (χ1n) is 12.3. The molecule has 7 heteroatoms. The second kappa shape index (κ2) is 10.2. The van der Waals surface area contributed by atoms with Crippen LogP contribution in [0.15, 0.2) is 114 Å². The molecule has 7 nitrogen and oxygen atoms in total. The van der Waals surface area contributed by atoms with Crippen molar-refractivity contribution >= 4 is 50.7 Å². The summed E-state index contributed by atoms with van der Waals surface area (Å²) in [5, 5.41) is 5.07. The maximum Gasteiger partial charge on any atom is 0.228 e. The molecule has 6 aromatic rings. The molecule has 0 spiro atoms. The van der Waals surface area contributed by atoms with Crippen LogP contribution in [0.25, 0.3) is 21.9 Å². The molecule has 0 radical (unpaired) electrons. The third-order valence-electron chi connectivity index (χ3n) is 6.45. The quantitative estimate of drug-likeness (QED) is 0.261. The minimum Gasteiger partial charge on any atom is -0.454 e. The van der Waals surface area contributed by atoms with Gasteiger partial charge in [-0.1, -0.05) is 54.6 Å². The average Bonchev–Trinajstić information content (AvgIpc) is 3.35. The molecular formula is C31H25N5O2. The van der Waals surface area contributed by atoms with Crippen LogP contribution in [0.3, 0.4) is 0 Å². The van der Waals surface area contributed by atoms with Crippen LogP contribution >= 0.6 is 0 Å². The van der Waals surface area contributed by atoms with Crippen LogP contribution in [-0.2, 0) is 17.8 Å². The van der Waals surface area contributed by atoms with Gasteiger partial charge in [0.05, 0.1) is 12.1 Å². The van der Waals surface area contributed by atoms with E-state index in [1.165, 1.54) is 6.33 Å². The number of para-hydroxylation sites is 2. The van der Waals surface area contributed by atoms with E-state index in [1.807, 2.05) is 89.8 Å². The van der Waals surface area contributed by atoms with E-state index in [1.54, 1.807) is 6.20 Å². The standard InChI is InChI=1S/C31H25N5O2/c32-19-22-10-8-21(9-11-22)18-30(37)35-23-12-14-24(15-13-23)36(29-16-17-33-20-34-29)27-6-3-5-26-25-4-1-2-7-28(25)38-31(26)27/h1-17,20H,18-19,32H2,(H,35,37). The number of furan rings is 1. The van der Waals surface area contributed by atoms with Crippen LogP contribution < -0.4 is 16.0 Å². The van der Waals surface area contributed by atoms with Gasteiger partial charge in [0.2, 0.25) is 5.91 Å². The molecule has 38 heavy (non-hydrogen) atoms. The van der Waals surface area contributed by atoms with Gasteiger partial charge in [0, 0.05) is 34.9 Å². The summed E-state index contributed by atoms with van der Waals surface area (Å²) in [4.78, 5) is 23.3. The smallest absolute Gasteiger partial charge is 0.228 e. The second-order valence-electron chi connectivity index (χ2n) is 8.95. The van der Waals surface area contributed by atoms with Crippen LogP contribution in [0.4, 0.5) is 22.9 Å². The molecule has 2 aromatic heterocycles. The van der Waals surface area contributed by atoms with E-state index >= 15 is 0 Å². The molecule has 1 amide bonds. The Morgan fingerprint density at radius 2 is 1.61 bits per heavy atom. The van der Waals surface area contributed by atoms with Crippen molar-refractivity contribution in [2.45, 2.75) is 13.0 Å². The largest absolute Gasteiger partial charge is 0.454 e. The average molecular weight is 500 g/mol. The van der Waals surface area contributed by atoms with Gasteiger partial charge in [-0.05, 0) is 53.6 Å². The number of carbonyl (C=O) groups is 1. The van der Waals surface area contributed by atoms with Gasteiger partial charge in [0.25, 0.3) is 0 Å². The lowest BCUT2D eigenvalue weighted by atomic mass is 10.1. The number of fused-ring (bicyclic) bond motifs is 3. The zero-order valence-electron chi connectivity index (χ0n) is 20.5. The molecule has 6 rings (SSSR count). The predicted octanol–water partition coefficient (Wildman–Crippen LogP) is 6.49. The Hall–Kier alpha value is -5.01. The van der Waals surface area contributed by atoms with Crippen LogP contribution in [-0.4, -0.2) is 15.9 Å². The molecule has 2 heterocycles. The molecule has 4 aromatic carbocycles. The minimum absolute atomic E-state index is 0.0852. The molecule has 0 bridgehead atoms. The highest BCUT2D eigenvalue weighted by Crippen LogP contribution is 2.41. The Labute approximate surface area is 219 Å². The highest BCUT2D eigenvalue weighted by Gasteiger charge is 2.20. The lowest BCUT2D eigenvalue weighted by Crippen LogP contribution is -2.15. The number of amides is 1. The van der Waals surface area contributed by atoms with Crippen molar-refractivity contribution in [3.63, 3.8) is 0 Å². The van der Waals surface area contributed by atoms with Crippen molar-refractivity contribution < 1.29 is 9.21 Å². The van der Waals surface area contributed by atoms with E-state index in [0.29, 0.717) is 18.1 Å². The zero-order chi connectivity index (χ0) is 25.9. The van der Waals surface area contributed by atoms with Crippen molar-refractivity contribution in [1.29, 1.82) is 0 Å². The summed E-state index contributed by atoms with van der Waals surface area (Å²) in [5.41, 5.74) is 11.7. The highest BCUT2D eigenvalue weighted by molar-refractivity contribution is 6.10. The number of nitrogens with one attached hydrogen (secondary N) is 1. The first kappa shape index (κ1) is 23.4. The Balaban J connectivity index is 1.31. The molecule has 0 atom stereocenters. The van der Waals surface area contributed by atoms with E-state index in [0.717, 1.165) is 44.4 Å². The molecule has 0 aliphatic rings. The van der Waals surface area contributed by atoms with Gasteiger partial charge in [-0.2, -0.15) is 0 Å². The van der Waals surface area contributed by atoms with E-state index in [4.69, 9.17) is 10.2 Å². The first-order chi connectivity index (χ1) is 18.7. The Morgan fingerprint density at radius 3 is 2.37 bits per heavy atom. The number of nitrogens with zero attached hydrogens (tertiary/aromatic N) is 3. The van der Waals surface area contributed by atoms with Gasteiger partial charge in [-0.15, -0.1) is 0 Å². The number of rotatable bonds is 7. The molecule has 0 aliphatic carbocycles. The SMILES string of the molecule is NCc1ccc(CC(=O)Nc2ccc(N(c3ccncn3)c3cccc4c3oc3ccccc34)cc2)cc1.